The third-order valence-corrected chi connectivity index (χ3v) is 4.80. The normalized spacial score (nSPS) is 12.9. The van der Waals surface area contributed by atoms with E-state index in [2.05, 4.69) is 59.1 Å². The van der Waals surface area contributed by atoms with Gasteiger partial charge in [0.05, 0.1) is 11.2 Å². The predicted octanol–water partition coefficient (Wildman–Crippen LogP) is 4.27. The first kappa shape index (κ1) is 14.3. The lowest BCUT2D eigenvalue weighted by atomic mass is 10.1. The van der Waals surface area contributed by atoms with E-state index in [-0.39, 0.29) is 0 Å². The van der Waals surface area contributed by atoms with Gasteiger partial charge in [-0.15, -0.1) is 11.3 Å². The molecule has 0 saturated carbocycles. The maximum Gasteiger partial charge on any atom is 0.0841 e. The Morgan fingerprint density at radius 1 is 1.24 bits per heavy atom. The van der Waals surface area contributed by atoms with E-state index in [0.29, 0.717) is 6.04 Å². The van der Waals surface area contributed by atoms with Crippen molar-refractivity contribution >= 4 is 22.2 Å². The lowest BCUT2D eigenvalue weighted by molar-refractivity contribution is 0.495. The topological polar surface area (TPSA) is 29.9 Å². The number of nitrogens with one attached hydrogen (secondary N) is 1. The Labute approximate surface area is 129 Å². The van der Waals surface area contributed by atoms with Gasteiger partial charge in [-0.1, -0.05) is 37.6 Å². The molecule has 3 aromatic rings. The van der Waals surface area contributed by atoms with E-state index < -0.39 is 0 Å². The number of aromatic nitrogens is 2. The molecule has 2 aromatic heterocycles. The Balaban J connectivity index is 1.79. The second-order valence-corrected chi connectivity index (χ2v) is 6.30. The highest BCUT2D eigenvalue weighted by Crippen LogP contribution is 2.24. The van der Waals surface area contributed by atoms with Gasteiger partial charge in [0, 0.05) is 29.9 Å². The van der Waals surface area contributed by atoms with Gasteiger partial charge in [0.1, 0.15) is 0 Å². The molecule has 110 valence electrons. The van der Waals surface area contributed by atoms with Crippen LogP contribution in [0.3, 0.4) is 0 Å². The Morgan fingerprint density at radius 3 is 2.86 bits per heavy atom. The summed E-state index contributed by atoms with van der Waals surface area (Å²) < 4.78 is 1.96. The molecule has 0 bridgehead atoms. The summed E-state index contributed by atoms with van der Waals surface area (Å²) in [5.74, 6) is 0. The summed E-state index contributed by atoms with van der Waals surface area (Å²) in [5.41, 5.74) is 2.32. The molecule has 0 saturated heterocycles. The molecule has 0 amide bonds. The molecule has 1 unspecified atom stereocenters. The lowest BCUT2D eigenvalue weighted by Gasteiger charge is -2.16. The van der Waals surface area contributed by atoms with Crippen LogP contribution in [-0.4, -0.2) is 9.78 Å². The zero-order valence-corrected chi connectivity index (χ0v) is 13.4. The summed E-state index contributed by atoms with van der Waals surface area (Å²) in [6.45, 7) is 3.04. The number of nitrogens with zero attached hydrogens (tertiary/aromatic N) is 2. The average molecular weight is 299 g/mol. The molecule has 1 N–H and O–H groups in total. The van der Waals surface area contributed by atoms with E-state index in [0.717, 1.165) is 18.7 Å². The summed E-state index contributed by atoms with van der Waals surface area (Å²) in [6, 6.07) is 13.2. The van der Waals surface area contributed by atoms with Gasteiger partial charge in [-0.3, -0.25) is 4.68 Å². The molecule has 0 aliphatic carbocycles. The lowest BCUT2D eigenvalue weighted by Crippen LogP contribution is -2.20. The van der Waals surface area contributed by atoms with E-state index in [1.54, 1.807) is 0 Å². The number of aryl methyl sites for hydroxylation is 1. The van der Waals surface area contributed by atoms with Gasteiger partial charge in [-0.05, 0) is 23.9 Å². The van der Waals surface area contributed by atoms with Gasteiger partial charge in [0.15, 0.2) is 0 Å². The number of hydrogen-bond acceptors (Lipinski definition) is 3. The molecule has 3 rings (SSSR count). The van der Waals surface area contributed by atoms with Crippen LogP contribution in [-0.2, 0) is 13.6 Å². The zero-order valence-electron chi connectivity index (χ0n) is 12.5. The second-order valence-electron chi connectivity index (χ2n) is 5.33. The van der Waals surface area contributed by atoms with Crippen LogP contribution in [0.2, 0.25) is 0 Å². The highest BCUT2D eigenvalue weighted by atomic mass is 32.1. The van der Waals surface area contributed by atoms with Crippen LogP contribution in [0.5, 0.6) is 0 Å². The van der Waals surface area contributed by atoms with Crippen LogP contribution < -0.4 is 5.32 Å². The molecule has 0 radical (unpaired) electrons. The van der Waals surface area contributed by atoms with Crippen molar-refractivity contribution in [2.45, 2.75) is 32.4 Å². The molecule has 0 fully saturated rings. The van der Waals surface area contributed by atoms with Crippen molar-refractivity contribution in [1.29, 1.82) is 0 Å². The number of benzene rings is 1. The standard InChI is InChI=1S/C17H21N3S/c1-3-7-14(17-10-6-11-21-17)18-12-15-13-8-4-5-9-16(13)20(2)19-15/h4-6,8-11,14,18H,3,7,12H2,1-2H3. The first-order valence-corrected chi connectivity index (χ1v) is 8.35. The average Bonchev–Trinajstić information content (AvgIpc) is 3.13. The van der Waals surface area contributed by atoms with Crippen LogP contribution in [0.1, 0.15) is 36.4 Å². The molecule has 0 aliphatic heterocycles. The summed E-state index contributed by atoms with van der Waals surface area (Å²) >= 11 is 1.83. The molecule has 1 aromatic carbocycles. The number of thiophene rings is 1. The van der Waals surface area contributed by atoms with E-state index in [1.165, 1.54) is 22.2 Å². The molecule has 0 spiro atoms. The summed E-state index contributed by atoms with van der Waals surface area (Å²) in [5, 5.41) is 11.7. The summed E-state index contributed by atoms with van der Waals surface area (Å²) in [4.78, 5) is 1.41. The van der Waals surface area contributed by atoms with Crippen molar-refractivity contribution in [2.75, 3.05) is 0 Å². The predicted molar refractivity (Wildman–Crippen MR) is 89.5 cm³/mol. The van der Waals surface area contributed by atoms with Gasteiger partial charge in [0.25, 0.3) is 0 Å². The summed E-state index contributed by atoms with van der Waals surface area (Å²) in [6.07, 6.45) is 2.34. The minimum atomic E-state index is 0.427. The van der Waals surface area contributed by atoms with Crippen molar-refractivity contribution in [3.63, 3.8) is 0 Å². The smallest absolute Gasteiger partial charge is 0.0841 e. The van der Waals surface area contributed by atoms with Gasteiger partial charge in [0.2, 0.25) is 0 Å². The maximum absolute atomic E-state index is 4.66. The third kappa shape index (κ3) is 3.01. The Morgan fingerprint density at radius 2 is 2.10 bits per heavy atom. The molecular weight excluding hydrogens is 278 g/mol. The molecule has 0 aliphatic rings. The van der Waals surface area contributed by atoms with Crippen LogP contribution in [0.15, 0.2) is 41.8 Å². The third-order valence-electron chi connectivity index (χ3n) is 3.81. The molecular formula is C17H21N3S. The first-order valence-electron chi connectivity index (χ1n) is 7.47. The van der Waals surface area contributed by atoms with Gasteiger partial charge in [-0.2, -0.15) is 5.10 Å². The molecule has 1 atom stereocenters. The highest BCUT2D eigenvalue weighted by Gasteiger charge is 2.13. The van der Waals surface area contributed by atoms with Gasteiger partial charge >= 0.3 is 0 Å². The highest BCUT2D eigenvalue weighted by molar-refractivity contribution is 7.10. The minimum absolute atomic E-state index is 0.427. The number of hydrogen-bond donors (Lipinski definition) is 1. The fourth-order valence-electron chi connectivity index (χ4n) is 2.76. The van der Waals surface area contributed by atoms with E-state index in [4.69, 9.17) is 0 Å². The van der Waals surface area contributed by atoms with Crippen molar-refractivity contribution in [3.8, 4) is 0 Å². The fraction of sp³-hybridized carbons (Fsp3) is 0.353. The van der Waals surface area contributed by atoms with Crippen molar-refractivity contribution in [2.24, 2.45) is 7.05 Å². The van der Waals surface area contributed by atoms with Gasteiger partial charge < -0.3 is 5.32 Å². The Kier molecular flexibility index (Phi) is 4.36. The van der Waals surface area contributed by atoms with E-state index in [9.17, 15) is 0 Å². The van der Waals surface area contributed by atoms with E-state index >= 15 is 0 Å². The van der Waals surface area contributed by atoms with Crippen LogP contribution in [0.4, 0.5) is 0 Å². The molecule has 21 heavy (non-hydrogen) atoms. The quantitative estimate of drug-likeness (QED) is 0.737. The number of rotatable bonds is 6. The Bertz CT molecular complexity index is 700. The zero-order chi connectivity index (χ0) is 14.7. The SMILES string of the molecule is CCCC(NCc1nn(C)c2ccccc12)c1cccs1. The van der Waals surface area contributed by atoms with E-state index in [1.807, 2.05) is 23.1 Å². The van der Waals surface area contributed by atoms with Crippen LogP contribution in [0.25, 0.3) is 10.9 Å². The maximum atomic E-state index is 4.66. The largest absolute Gasteiger partial charge is 0.303 e. The molecule has 2 heterocycles. The molecule has 4 heteroatoms. The first-order chi connectivity index (χ1) is 10.3. The fourth-order valence-corrected chi connectivity index (χ4v) is 3.60. The van der Waals surface area contributed by atoms with Crippen molar-refractivity contribution < 1.29 is 0 Å². The molecule has 3 nitrogen and oxygen atoms in total. The Hall–Kier alpha value is -1.65. The van der Waals surface area contributed by atoms with Crippen LogP contribution >= 0.6 is 11.3 Å². The summed E-state index contributed by atoms with van der Waals surface area (Å²) in [7, 11) is 2.01. The van der Waals surface area contributed by atoms with Crippen molar-refractivity contribution in [1.82, 2.24) is 15.1 Å². The second kappa shape index (κ2) is 6.41. The van der Waals surface area contributed by atoms with Crippen LogP contribution in [0, 0.1) is 0 Å². The monoisotopic (exact) mass is 299 g/mol. The number of fused-ring (bicyclic) bond motifs is 1. The van der Waals surface area contributed by atoms with Crippen molar-refractivity contribution in [3.05, 3.63) is 52.3 Å². The minimum Gasteiger partial charge on any atom is -0.303 e. The van der Waals surface area contributed by atoms with Gasteiger partial charge in [-0.25, -0.2) is 0 Å². The number of para-hydroxylation sites is 1.